The van der Waals surface area contributed by atoms with Gasteiger partial charge in [-0.05, 0) is 19.3 Å². The predicted molar refractivity (Wildman–Crippen MR) is 76.7 cm³/mol. The first kappa shape index (κ1) is 16.5. The Balaban J connectivity index is 2.65. The molecule has 0 radical (unpaired) electrons. The number of hydrogen-bond acceptors (Lipinski definition) is 3. The summed E-state index contributed by atoms with van der Waals surface area (Å²) >= 11 is 0. The van der Waals surface area contributed by atoms with E-state index in [1.54, 1.807) is 7.05 Å². The van der Waals surface area contributed by atoms with Gasteiger partial charge in [-0.15, -0.1) is 0 Å². The molecule has 20 heavy (non-hydrogen) atoms. The standard InChI is InChI=1S/C15H25N3O2/c1-3-10-17-13(19)11-18(2)14(20)15(12-16)8-6-4-5-7-9-15/h3-11H2,1-2H3,(H,17,19). The fourth-order valence-corrected chi connectivity index (χ4v) is 2.68. The summed E-state index contributed by atoms with van der Waals surface area (Å²) in [6.45, 7) is 2.62. The second kappa shape index (κ2) is 7.88. The monoisotopic (exact) mass is 279 g/mol. The molecule has 0 bridgehead atoms. The van der Waals surface area contributed by atoms with Crippen molar-refractivity contribution in [1.29, 1.82) is 5.26 Å². The van der Waals surface area contributed by atoms with Crippen LogP contribution in [-0.4, -0.2) is 36.9 Å². The molecular weight excluding hydrogens is 254 g/mol. The highest BCUT2D eigenvalue weighted by atomic mass is 16.2. The van der Waals surface area contributed by atoms with Crippen molar-refractivity contribution >= 4 is 11.8 Å². The Morgan fingerprint density at radius 1 is 1.25 bits per heavy atom. The molecule has 0 unspecified atom stereocenters. The van der Waals surface area contributed by atoms with E-state index in [-0.39, 0.29) is 18.4 Å². The molecular formula is C15H25N3O2. The maximum atomic E-state index is 12.5. The molecule has 1 rings (SSSR count). The molecule has 0 aromatic heterocycles. The van der Waals surface area contributed by atoms with Crippen molar-refractivity contribution in [2.45, 2.75) is 51.9 Å². The van der Waals surface area contributed by atoms with Gasteiger partial charge in [0.15, 0.2) is 0 Å². The molecule has 0 aromatic carbocycles. The van der Waals surface area contributed by atoms with Crippen LogP contribution >= 0.6 is 0 Å². The van der Waals surface area contributed by atoms with Crippen LogP contribution in [0.1, 0.15) is 51.9 Å². The number of hydrogen-bond donors (Lipinski definition) is 1. The van der Waals surface area contributed by atoms with Crippen molar-refractivity contribution in [1.82, 2.24) is 10.2 Å². The molecule has 1 aliphatic carbocycles. The zero-order valence-electron chi connectivity index (χ0n) is 12.6. The van der Waals surface area contributed by atoms with Crippen molar-refractivity contribution in [3.63, 3.8) is 0 Å². The van der Waals surface area contributed by atoms with E-state index in [4.69, 9.17) is 0 Å². The molecule has 0 spiro atoms. The van der Waals surface area contributed by atoms with Crippen molar-refractivity contribution < 1.29 is 9.59 Å². The largest absolute Gasteiger partial charge is 0.355 e. The number of carbonyl (C=O) groups is 2. The number of nitrogens with one attached hydrogen (secondary N) is 1. The van der Waals surface area contributed by atoms with Crippen molar-refractivity contribution in [2.75, 3.05) is 20.1 Å². The highest BCUT2D eigenvalue weighted by Gasteiger charge is 2.40. The van der Waals surface area contributed by atoms with Crippen LogP contribution in [0.2, 0.25) is 0 Å². The maximum absolute atomic E-state index is 12.5. The molecule has 2 amide bonds. The van der Waals surface area contributed by atoms with Crippen LogP contribution in [0.25, 0.3) is 0 Å². The molecule has 1 fully saturated rings. The number of carbonyl (C=O) groups excluding carboxylic acids is 2. The summed E-state index contributed by atoms with van der Waals surface area (Å²) in [6.07, 6.45) is 6.08. The second-order valence-corrected chi connectivity index (χ2v) is 5.62. The lowest BCUT2D eigenvalue weighted by molar-refractivity contribution is -0.141. The average molecular weight is 279 g/mol. The lowest BCUT2D eigenvalue weighted by Gasteiger charge is -2.29. The molecule has 0 atom stereocenters. The summed E-state index contributed by atoms with van der Waals surface area (Å²) in [7, 11) is 1.61. The van der Waals surface area contributed by atoms with E-state index in [0.717, 1.165) is 32.1 Å². The fraction of sp³-hybridized carbons (Fsp3) is 0.800. The van der Waals surface area contributed by atoms with Gasteiger partial charge in [-0.1, -0.05) is 32.6 Å². The first-order valence-corrected chi connectivity index (χ1v) is 7.49. The van der Waals surface area contributed by atoms with Crippen molar-refractivity contribution in [3.05, 3.63) is 0 Å². The van der Waals surface area contributed by atoms with Crippen LogP contribution < -0.4 is 5.32 Å². The summed E-state index contributed by atoms with van der Waals surface area (Å²) in [5.41, 5.74) is -0.920. The number of rotatable bonds is 5. The highest BCUT2D eigenvalue weighted by molar-refractivity contribution is 5.89. The molecule has 0 aliphatic heterocycles. The number of nitrogens with zero attached hydrogens (tertiary/aromatic N) is 2. The van der Waals surface area contributed by atoms with E-state index in [1.807, 2.05) is 6.92 Å². The van der Waals surface area contributed by atoms with Gasteiger partial charge in [-0.25, -0.2) is 0 Å². The lowest BCUT2D eigenvalue weighted by atomic mass is 9.80. The molecule has 0 saturated heterocycles. The lowest BCUT2D eigenvalue weighted by Crippen LogP contribution is -2.45. The fourth-order valence-electron chi connectivity index (χ4n) is 2.68. The number of nitriles is 1. The minimum absolute atomic E-state index is 0.0300. The van der Waals surface area contributed by atoms with Gasteiger partial charge in [0.05, 0.1) is 12.6 Å². The SMILES string of the molecule is CCCNC(=O)CN(C)C(=O)C1(C#N)CCCCCC1. The van der Waals surface area contributed by atoms with E-state index in [2.05, 4.69) is 11.4 Å². The van der Waals surface area contributed by atoms with Crippen LogP contribution in [-0.2, 0) is 9.59 Å². The van der Waals surface area contributed by atoms with Crippen molar-refractivity contribution in [3.8, 4) is 6.07 Å². The van der Waals surface area contributed by atoms with Gasteiger partial charge in [0, 0.05) is 13.6 Å². The molecule has 1 saturated carbocycles. The van der Waals surface area contributed by atoms with Crippen LogP contribution in [0.3, 0.4) is 0 Å². The summed E-state index contributed by atoms with van der Waals surface area (Å²) in [5.74, 6) is -0.363. The van der Waals surface area contributed by atoms with Gasteiger partial charge in [-0.2, -0.15) is 5.26 Å². The van der Waals surface area contributed by atoms with E-state index in [1.165, 1.54) is 4.90 Å². The predicted octanol–water partition coefficient (Wildman–Crippen LogP) is 1.84. The summed E-state index contributed by atoms with van der Waals surface area (Å²) in [5, 5.41) is 12.2. The topological polar surface area (TPSA) is 73.2 Å². The van der Waals surface area contributed by atoms with Gasteiger partial charge in [0.1, 0.15) is 5.41 Å². The first-order chi connectivity index (χ1) is 9.55. The molecule has 1 N–H and O–H groups in total. The molecule has 5 heteroatoms. The first-order valence-electron chi connectivity index (χ1n) is 7.49. The molecule has 112 valence electrons. The third-order valence-electron chi connectivity index (χ3n) is 3.88. The Hall–Kier alpha value is -1.57. The van der Waals surface area contributed by atoms with Crippen LogP contribution in [0.5, 0.6) is 0 Å². The smallest absolute Gasteiger partial charge is 0.243 e. The molecule has 0 aromatic rings. The van der Waals surface area contributed by atoms with E-state index in [9.17, 15) is 14.9 Å². The molecule has 5 nitrogen and oxygen atoms in total. The normalized spacial score (nSPS) is 17.6. The Morgan fingerprint density at radius 2 is 1.85 bits per heavy atom. The van der Waals surface area contributed by atoms with E-state index in [0.29, 0.717) is 19.4 Å². The third-order valence-corrected chi connectivity index (χ3v) is 3.88. The maximum Gasteiger partial charge on any atom is 0.243 e. The van der Waals surface area contributed by atoms with Crippen LogP contribution in [0, 0.1) is 16.7 Å². The van der Waals surface area contributed by atoms with Gasteiger partial charge >= 0.3 is 0 Å². The van der Waals surface area contributed by atoms with E-state index < -0.39 is 5.41 Å². The Labute approximate surface area is 121 Å². The quantitative estimate of drug-likeness (QED) is 0.780. The molecule has 1 aliphatic rings. The Morgan fingerprint density at radius 3 is 2.35 bits per heavy atom. The van der Waals surface area contributed by atoms with Crippen LogP contribution in [0.15, 0.2) is 0 Å². The van der Waals surface area contributed by atoms with Crippen LogP contribution in [0.4, 0.5) is 0 Å². The summed E-state index contributed by atoms with van der Waals surface area (Å²) in [6, 6.07) is 2.23. The zero-order valence-corrected chi connectivity index (χ0v) is 12.6. The highest BCUT2D eigenvalue weighted by Crippen LogP contribution is 2.35. The molecule has 0 heterocycles. The van der Waals surface area contributed by atoms with Crippen molar-refractivity contribution in [2.24, 2.45) is 5.41 Å². The summed E-state index contributed by atoms with van der Waals surface area (Å²) in [4.78, 5) is 25.6. The van der Waals surface area contributed by atoms with E-state index >= 15 is 0 Å². The third kappa shape index (κ3) is 4.22. The minimum atomic E-state index is -0.920. The van der Waals surface area contributed by atoms with Gasteiger partial charge in [-0.3, -0.25) is 9.59 Å². The Kier molecular flexibility index (Phi) is 6.50. The Bertz CT molecular complexity index is 379. The summed E-state index contributed by atoms with van der Waals surface area (Å²) < 4.78 is 0. The number of likely N-dealkylation sites (N-methyl/N-ethyl adjacent to an activating group) is 1. The zero-order chi connectivity index (χ0) is 15.0. The second-order valence-electron chi connectivity index (χ2n) is 5.62. The van der Waals surface area contributed by atoms with Gasteiger partial charge < -0.3 is 10.2 Å². The minimum Gasteiger partial charge on any atom is -0.355 e. The number of amides is 2. The van der Waals surface area contributed by atoms with Gasteiger partial charge in [0.25, 0.3) is 0 Å². The van der Waals surface area contributed by atoms with Gasteiger partial charge in [0.2, 0.25) is 11.8 Å². The average Bonchev–Trinajstić information content (AvgIpc) is 2.70.